The van der Waals surface area contributed by atoms with E-state index in [4.69, 9.17) is 9.47 Å². The fraction of sp³-hybridized carbons (Fsp3) is 0.438. The molecule has 1 fully saturated rings. The molecule has 2 aromatic rings. The number of hydrogen-bond acceptors (Lipinski definition) is 7. The highest BCUT2D eigenvalue weighted by Crippen LogP contribution is 2.21. The smallest absolute Gasteiger partial charge is 0.246 e. The molecule has 0 aliphatic carbocycles. The van der Waals surface area contributed by atoms with Gasteiger partial charge >= 0.3 is 0 Å². The van der Waals surface area contributed by atoms with Crippen molar-refractivity contribution in [1.82, 2.24) is 15.5 Å². The maximum atomic E-state index is 12.3. The summed E-state index contributed by atoms with van der Waals surface area (Å²) in [5, 5.41) is 15.5. The Bertz CT molecular complexity index is 706. The predicted octanol–water partition coefficient (Wildman–Crippen LogP) is 1.45. The van der Waals surface area contributed by atoms with E-state index >= 15 is 0 Å². The lowest BCUT2D eigenvalue weighted by Gasteiger charge is -2.28. The largest absolute Gasteiger partial charge is 0.497 e. The molecule has 24 heavy (non-hydrogen) atoms. The molecule has 2 N–H and O–H groups in total. The molecule has 8 heteroatoms. The lowest BCUT2D eigenvalue weighted by Crippen LogP contribution is -2.53. The van der Waals surface area contributed by atoms with Gasteiger partial charge in [-0.1, -0.05) is 23.5 Å². The summed E-state index contributed by atoms with van der Waals surface area (Å²) in [6.07, 6.45) is 0.481. The van der Waals surface area contributed by atoms with E-state index in [1.807, 2.05) is 31.2 Å². The number of nitrogens with one attached hydrogen (secondary N) is 2. The summed E-state index contributed by atoms with van der Waals surface area (Å²) in [7, 11) is 1.64. The molecule has 128 valence electrons. The second-order valence-corrected chi connectivity index (χ2v) is 6.59. The van der Waals surface area contributed by atoms with Crippen molar-refractivity contribution in [2.24, 2.45) is 0 Å². The number of nitrogens with zero attached hydrogens (tertiary/aromatic N) is 2. The number of aromatic nitrogens is 2. The second kappa shape index (κ2) is 7.69. The van der Waals surface area contributed by atoms with Crippen LogP contribution in [0.3, 0.4) is 0 Å². The van der Waals surface area contributed by atoms with E-state index in [9.17, 15) is 4.79 Å². The molecule has 1 aromatic carbocycles. The van der Waals surface area contributed by atoms with Crippen LogP contribution in [0.5, 0.6) is 5.75 Å². The molecule has 2 heterocycles. The van der Waals surface area contributed by atoms with Gasteiger partial charge in [-0.2, -0.15) is 0 Å². The third-order valence-electron chi connectivity index (χ3n) is 3.79. The summed E-state index contributed by atoms with van der Waals surface area (Å²) < 4.78 is 10.7. The van der Waals surface area contributed by atoms with E-state index in [2.05, 4.69) is 20.8 Å². The zero-order valence-corrected chi connectivity index (χ0v) is 14.4. The fourth-order valence-corrected chi connectivity index (χ4v) is 3.32. The summed E-state index contributed by atoms with van der Waals surface area (Å²) >= 11 is 1.37. The molecule has 3 rings (SSSR count). The Labute approximate surface area is 144 Å². The summed E-state index contributed by atoms with van der Waals surface area (Å²) in [4.78, 5) is 12.3. The molecule has 2 atom stereocenters. The molecule has 0 radical (unpaired) electrons. The SMILES string of the molecule is COc1cccc(Cc2nnc(NC(=O)[C@H]3NCCO[C@@H]3C)s2)c1. The van der Waals surface area contributed by atoms with Gasteiger partial charge in [-0.3, -0.25) is 10.1 Å². The Kier molecular flexibility index (Phi) is 5.39. The normalized spacial score (nSPS) is 20.6. The van der Waals surface area contributed by atoms with Crippen LogP contribution in [0.4, 0.5) is 5.13 Å². The van der Waals surface area contributed by atoms with Gasteiger partial charge in [0.15, 0.2) is 0 Å². The van der Waals surface area contributed by atoms with E-state index < -0.39 is 0 Å². The Balaban J connectivity index is 1.61. The van der Waals surface area contributed by atoms with Crippen LogP contribution in [0, 0.1) is 0 Å². The maximum Gasteiger partial charge on any atom is 0.246 e. The molecule has 7 nitrogen and oxygen atoms in total. The third-order valence-corrected chi connectivity index (χ3v) is 4.62. The van der Waals surface area contributed by atoms with Crippen LogP contribution in [0.2, 0.25) is 0 Å². The Morgan fingerprint density at radius 3 is 3.17 bits per heavy atom. The number of ether oxygens (including phenoxy) is 2. The van der Waals surface area contributed by atoms with Crippen LogP contribution in [-0.2, 0) is 16.0 Å². The van der Waals surface area contributed by atoms with Crippen molar-refractivity contribution in [3.8, 4) is 5.75 Å². The minimum Gasteiger partial charge on any atom is -0.497 e. The van der Waals surface area contributed by atoms with Crippen molar-refractivity contribution in [2.45, 2.75) is 25.5 Å². The van der Waals surface area contributed by atoms with Gasteiger partial charge in [0.05, 0.1) is 19.8 Å². The molecule has 0 saturated carbocycles. The first-order valence-electron chi connectivity index (χ1n) is 7.77. The minimum absolute atomic E-state index is 0.147. The summed E-state index contributed by atoms with van der Waals surface area (Å²) in [6.45, 7) is 3.17. The first kappa shape index (κ1) is 16.8. The van der Waals surface area contributed by atoms with Crippen LogP contribution in [0.15, 0.2) is 24.3 Å². The van der Waals surface area contributed by atoms with Crippen LogP contribution >= 0.6 is 11.3 Å². The number of carbonyl (C=O) groups is 1. The van der Waals surface area contributed by atoms with E-state index in [1.54, 1.807) is 7.11 Å². The van der Waals surface area contributed by atoms with Gasteiger partial charge in [0.25, 0.3) is 0 Å². The molecular weight excluding hydrogens is 328 g/mol. The molecule has 1 saturated heterocycles. The van der Waals surface area contributed by atoms with Gasteiger partial charge in [-0.25, -0.2) is 0 Å². The molecule has 1 amide bonds. The Hall–Kier alpha value is -2.03. The van der Waals surface area contributed by atoms with Crippen molar-refractivity contribution in [3.05, 3.63) is 34.8 Å². The molecule has 1 aromatic heterocycles. The number of hydrogen-bond donors (Lipinski definition) is 2. The van der Waals surface area contributed by atoms with Crippen LogP contribution < -0.4 is 15.4 Å². The Morgan fingerprint density at radius 2 is 2.38 bits per heavy atom. The molecule has 0 unspecified atom stereocenters. The monoisotopic (exact) mass is 348 g/mol. The van der Waals surface area contributed by atoms with Crippen LogP contribution in [-0.4, -0.2) is 48.5 Å². The average Bonchev–Trinajstić information content (AvgIpc) is 3.02. The molecule has 0 bridgehead atoms. The summed E-state index contributed by atoms with van der Waals surface area (Å²) in [6, 6.07) is 7.44. The predicted molar refractivity (Wildman–Crippen MR) is 91.5 cm³/mol. The zero-order chi connectivity index (χ0) is 16.9. The molecule has 1 aliphatic heterocycles. The first-order valence-corrected chi connectivity index (χ1v) is 8.58. The van der Waals surface area contributed by atoms with E-state index in [0.29, 0.717) is 24.7 Å². The summed E-state index contributed by atoms with van der Waals surface area (Å²) in [5.74, 6) is 0.661. The molecule has 0 spiro atoms. The van der Waals surface area contributed by atoms with Gasteiger partial charge in [0, 0.05) is 13.0 Å². The topological polar surface area (TPSA) is 85.4 Å². The van der Waals surface area contributed by atoms with Gasteiger partial charge in [-0.15, -0.1) is 10.2 Å². The lowest BCUT2D eigenvalue weighted by atomic mass is 10.1. The number of benzene rings is 1. The average molecular weight is 348 g/mol. The number of methoxy groups -OCH3 is 1. The number of carbonyl (C=O) groups excluding carboxylic acids is 1. The second-order valence-electron chi connectivity index (χ2n) is 5.53. The fourth-order valence-electron chi connectivity index (χ4n) is 2.54. The van der Waals surface area contributed by atoms with Gasteiger partial charge in [0.2, 0.25) is 11.0 Å². The van der Waals surface area contributed by atoms with Gasteiger partial charge in [0.1, 0.15) is 16.8 Å². The highest BCUT2D eigenvalue weighted by atomic mass is 32.1. The zero-order valence-electron chi connectivity index (χ0n) is 13.6. The van der Waals surface area contributed by atoms with E-state index in [0.717, 1.165) is 16.3 Å². The summed E-state index contributed by atoms with van der Waals surface area (Å²) in [5.41, 5.74) is 1.08. The maximum absolute atomic E-state index is 12.3. The van der Waals surface area contributed by atoms with Crippen molar-refractivity contribution in [1.29, 1.82) is 0 Å². The van der Waals surface area contributed by atoms with Crippen molar-refractivity contribution < 1.29 is 14.3 Å². The highest BCUT2D eigenvalue weighted by Gasteiger charge is 2.28. The van der Waals surface area contributed by atoms with Crippen molar-refractivity contribution in [3.63, 3.8) is 0 Å². The highest BCUT2D eigenvalue weighted by molar-refractivity contribution is 7.15. The van der Waals surface area contributed by atoms with Crippen LogP contribution in [0.1, 0.15) is 17.5 Å². The molecular formula is C16H20N4O3S. The Morgan fingerprint density at radius 1 is 1.50 bits per heavy atom. The first-order chi connectivity index (χ1) is 11.7. The minimum atomic E-state index is -0.371. The number of rotatable bonds is 5. The standard InChI is InChI=1S/C16H20N4O3S/c1-10-14(17-6-7-23-10)15(21)18-16-20-19-13(24-16)9-11-4-3-5-12(8-11)22-2/h3-5,8,10,14,17H,6-7,9H2,1-2H3,(H,18,20,21)/t10-,14+/m1/s1. The molecule has 1 aliphatic rings. The van der Waals surface area contributed by atoms with E-state index in [-0.39, 0.29) is 18.1 Å². The van der Waals surface area contributed by atoms with Crippen molar-refractivity contribution in [2.75, 3.05) is 25.6 Å². The lowest BCUT2D eigenvalue weighted by molar-refractivity contribution is -0.123. The quantitative estimate of drug-likeness (QED) is 0.851. The van der Waals surface area contributed by atoms with E-state index in [1.165, 1.54) is 11.3 Å². The number of amides is 1. The van der Waals surface area contributed by atoms with Gasteiger partial charge < -0.3 is 14.8 Å². The van der Waals surface area contributed by atoms with Crippen molar-refractivity contribution >= 4 is 22.4 Å². The van der Waals surface area contributed by atoms with Crippen LogP contribution in [0.25, 0.3) is 0 Å². The number of anilines is 1. The van der Waals surface area contributed by atoms with Gasteiger partial charge in [-0.05, 0) is 24.6 Å². The third kappa shape index (κ3) is 4.08. The number of morpholine rings is 1.